The topological polar surface area (TPSA) is 63.1 Å². The maximum absolute atomic E-state index is 11.1. The van der Waals surface area contributed by atoms with Crippen molar-refractivity contribution in [3.63, 3.8) is 0 Å². The summed E-state index contributed by atoms with van der Waals surface area (Å²) < 4.78 is 0. The van der Waals surface area contributed by atoms with Crippen LogP contribution in [0, 0.1) is 0 Å². The summed E-state index contributed by atoms with van der Waals surface area (Å²) in [5.74, 6) is -0.871. The SMILES string of the molecule is CC(C)(C(=O)O)c1csc(-c2ccncc2)n1. The van der Waals surface area contributed by atoms with E-state index in [-0.39, 0.29) is 0 Å². The predicted molar refractivity (Wildman–Crippen MR) is 66.0 cm³/mol. The van der Waals surface area contributed by atoms with E-state index in [1.165, 1.54) is 11.3 Å². The van der Waals surface area contributed by atoms with Crippen molar-refractivity contribution in [2.45, 2.75) is 19.3 Å². The smallest absolute Gasteiger partial charge is 0.315 e. The fraction of sp³-hybridized carbons (Fsp3) is 0.250. The zero-order valence-electron chi connectivity index (χ0n) is 9.54. The highest BCUT2D eigenvalue weighted by molar-refractivity contribution is 7.13. The van der Waals surface area contributed by atoms with Gasteiger partial charge in [-0.05, 0) is 26.0 Å². The number of rotatable bonds is 3. The van der Waals surface area contributed by atoms with Crippen molar-refractivity contribution in [1.29, 1.82) is 0 Å². The molecule has 0 amide bonds. The number of aromatic nitrogens is 2. The van der Waals surface area contributed by atoms with Crippen LogP contribution >= 0.6 is 11.3 Å². The Morgan fingerprint density at radius 3 is 2.59 bits per heavy atom. The third-order valence-electron chi connectivity index (χ3n) is 2.61. The summed E-state index contributed by atoms with van der Waals surface area (Å²) in [5.41, 5.74) is 0.584. The number of pyridine rings is 1. The van der Waals surface area contributed by atoms with Gasteiger partial charge in [0.2, 0.25) is 0 Å². The van der Waals surface area contributed by atoms with Crippen LogP contribution in [0.15, 0.2) is 29.9 Å². The van der Waals surface area contributed by atoms with E-state index in [1.54, 1.807) is 31.6 Å². The van der Waals surface area contributed by atoms with Gasteiger partial charge in [-0.15, -0.1) is 11.3 Å². The molecule has 0 saturated heterocycles. The van der Waals surface area contributed by atoms with Crippen molar-refractivity contribution in [2.75, 3.05) is 0 Å². The minimum atomic E-state index is -0.957. The summed E-state index contributed by atoms with van der Waals surface area (Å²) in [6.45, 7) is 3.31. The van der Waals surface area contributed by atoms with Crippen LogP contribution in [0.2, 0.25) is 0 Å². The second kappa shape index (κ2) is 4.25. The summed E-state index contributed by atoms with van der Waals surface area (Å²) >= 11 is 1.44. The zero-order chi connectivity index (χ0) is 12.5. The average Bonchev–Trinajstić information content (AvgIpc) is 2.80. The zero-order valence-corrected chi connectivity index (χ0v) is 10.4. The van der Waals surface area contributed by atoms with Crippen molar-refractivity contribution in [3.8, 4) is 10.6 Å². The lowest BCUT2D eigenvalue weighted by Gasteiger charge is -2.15. The van der Waals surface area contributed by atoms with E-state index in [1.807, 2.05) is 12.1 Å². The molecule has 0 aliphatic carbocycles. The van der Waals surface area contributed by atoms with Gasteiger partial charge in [-0.3, -0.25) is 9.78 Å². The van der Waals surface area contributed by atoms with Crippen LogP contribution in [0.3, 0.4) is 0 Å². The molecule has 2 aromatic heterocycles. The van der Waals surface area contributed by atoms with E-state index in [9.17, 15) is 4.79 Å². The molecule has 1 N–H and O–H groups in total. The number of carboxylic acids is 1. The van der Waals surface area contributed by atoms with Gasteiger partial charge in [0.25, 0.3) is 0 Å². The highest BCUT2D eigenvalue weighted by Crippen LogP contribution is 2.29. The molecular formula is C12H12N2O2S. The molecule has 4 nitrogen and oxygen atoms in total. The molecule has 0 bridgehead atoms. The number of thiazole rings is 1. The molecular weight excluding hydrogens is 236 g/mol. The molecule has 2 rings (SSSR count). The van der Waals surface area contributed by atoms with Crippen molar-refractivity contribution in [3.05, 3.63) is 35.6 Å². The van der Waals surface area contributed by atoms with Crippen LogP contribution in [0.4, 0.5) is 0 Å². The first-order valence-corrected chi connectivity index (χ1v) is 5.99. The van der Waals surface area contributed by atoms with Crippen molar-refractivity contribution in [1.82, 2.24) is 9.97 Å². The minimum Gasteiger partial charge on any atom is -0.481 e. The number of nitrogens with zero attached hydrogens (tertiary/aromatic N) is 2. The standard InChI is InChI=1S/C12H12N2O2S/c1-12(2,11(15)16)9-7-17-10(14-9)8-3-5-13-6-4-8/h3-7H,1-2H3,(H,15,16). The Kier molecular flexibility index (Phi) is 2.93. The van der Waals surface area contributed by atoms with E-state index in [0.717, 1.165) is 10.6 Å². The Balaban J connectivity index is 2.38. The number of hydrogen-bond donors (Lipinski definition) is 1. The van der Waals surface area contributed by atoms with Crippen LogP contribution in [0.1, 0.15) is 19.5 Å². The third kappa shape index (κ3) is 2.19. The third-order valence-corrected chi connectivity index (χ3v) is 3.50. The Morgan fingerprint density at radius 2 is 2.00 bits per heavy atom. The molecule has 0 spiro atoms. The summed E-state index contributed by atoms with van der Waals surface area (Å²) in [6, 6.07) is 3.72. The molecule has 2 aromatic rings. The van der Waals surface area contributed by atoms with Crippen LogP contribution in [0.25, 0.3) is 10.6 Å². The molecule has 0 aromatic carbocycles. The first-order chi connectivity index (χ1) is 8.01. The lowest BCUT2D eigenvalue weighted by atomic mass is 9.90. The fourth-order valence-electron chi connectivity index (χ4n) is 1.30. The van der Waals surface area contributed by atoms with Crippen LogP contribution in [-0.4, -0.2) is 21.0 Å². The normalized spacial score (nSPS) is 11.4. The van der Waals surface area contributed by atoms with Crippen molar-refractivity contribution < 1.29 is 9.90 Å². The molecule has 0 saturated carbocycles. The predicted octanol–water partition coefficient (Wildman–Crippen LogP) is 2.57. The summed E-state index contributed by atoms with van der Waals surface area (Å²) in [7, 11) is 0. The average molecular weight is 248 g/mol. The highest BCUT2D eigenvalue weighted by Gasteiger charge is 2.32. The van der Waals surface area contributed by atoms with Gasteiger partial charge in [-0.1, -0.05) is 0 Å². The van der Waals surface area contributed by atoms with E-state index in [2.05, 4.69) is 9.97 Å². The molecule has 88 valence electrons. The summed E-state index contributed by atoms with van der Waals surface area (Å²) in [5, 5.41) is 11.7. The van der Waals surface area contributed by atoms with Gasteiger partial charge in [0, 0.05) is 23.3 Å². The quantitative estimate of drug-likeness (QED) is 0.906. The lowest BCUT2D eigenvalue weighted by Crippen LogP contribution is -2.28. The minimum absolute atomic E-state index is 0.585. The number of carboxylic acid groups (broad SMARTS) is 1. The Labute approximate surface area is 103 Å². The van der Waals surface area contributed by atoms with Gasteiger partial charge in [0.15, 0.2) is 0 Å². The van der Waals surface area contributed by atoms with E-state index in [4.69, 9.17) is 5.11 Å². The molecule has 17 heavy (non-hydrogen) atoms. The van der Waals surface area contributed by atoms with Gasteiger partial charge in [0.05, 0.1) is 5.69 Å². The fourth-order valence-corrected chi connectivity index (χ4v) is 2.29. The first kappa shape index (κ1) is 11.7. The van der Waals surface area contributed by atoms with Gasteiger partial charge in [-0.2, -0.15) is 0 Å². The van der Waals surface area contributed by atoms with Gasteiger partial charge < -0.3 is 5.11 Å². The van der Waals surface area contributed by atoms with Gasteiger partial charge >= 0.3 is 5.97 Å². The van der Waals surface area contributed by atoms with Crippen LogP contribution in [-0.2, 0) is 10.2 Å². The van der Waals surface area contributed by atoms with Crippen LogP contribution in [0.5, 0.6) is 0 Å². The van der Waals surface area contributed by atoms with Crippen molar-refractivity contribution >= 4 is 17.3 Å². The molecule has 0 fully saturated rings. The molecule has 0 atom stereocenters. The van der Waals surface area contributed by atoms with E-state index < -0.39 is 11.4 Å². The van der Waals surface area contributed by atoms with Gasteiger partial charge in [0.1, 0.15) is 10.4 Å². The number of carbonyl (C=O) groups is 1. The maximum atomic E-state index is 11.1. The molecule has 0 aliphatic rings. The van der Waals surface area contributed by atoms with Crippen molar-refractivity contribution in [2.24, 2.45) is 0 Å². The van der Waals surface area contributed by atoms with E-state index in [0.29, 0.717) is 5.69 Å². The van der Waals surface area contributed by atoms with E-state index >= 15 is 0 Å². The monoisotopic (exact) mass is 248 g/mol. The molecule has 5 heteroatoms. The molecule has 0 unspecified atom stereocenters. The summed E-state index contributed by atoms with van der Waals surface area (Å²) in [6.07, 6.45) is 3.39. The lowest BCUT2D eigenvalue weighted by molar-refractivity contribution is -0.142. The molecule has 0 radical (unpaired) electrons. The first-order valence-electron chi connectivity index (χ1n) is 5.11. The van der Waals surface area contributed by atoms with Crippen LogP contribution < -0.4 is 0 Å². The maximum Gasteiger partial charge on any atom is 0.315 e. The Morgan fingerprint density at radius 1 is 1.35 bits per heavy atom. The molecule has 0 aliphatic heterocycles. The second-order valence-electron chi connectivity index (χ2n) is 4.20. The largest absolute Gasteiger partial charge is 0.481 e. The highest BCUT2D eigenvalue weighted by atomic mass is 32.1. The number of aliphatic carboxylic acids is 1. The second-order valence-corrected chi connectivity index (χ2v) is 5.06. The Hall–Kier alpha value is -1.75. The van der Waals surface area contributed by atoms with Gasteiger partial charge in [-0.25, -0.2) is 4.98 Å². The Bertz CT molecular complexity index is 534. The summed E-state index contributed by atoms with van der Waals surface area (Å²) in [4.78, 5) is 19.4. The molecule has 2 heterocycles. The number of hydrogen-bond acceptors (Lipinski definition) is 4.